The van der Waals surface area contributed by atoms with Gasteiger partial charge in [0.1, 0.15) is 0 Å². The minimum Gasteiger partial charge on any atom is -0.343 e. The molecular formula is C4H9UVW-. The first-order valence-electron chi connectivity index (χ1n) is 1.71. The average molecular weight is 530 g/mol. The summed E-state index contributed by atoms with van der Waals surface area (Å²) in [6.45, 7) is 5.72. The van der Waals surface area contributed by atoms with Gasteiger partial charge in [0.2, 0.25) is 0 Å². The van der Waals surface area contributed by atoms with Crippen molar-refractivity contribution in [2.45, 2.75) is 19.8 Å². The van der Waals surface area contributed by atoms with Crippen molar-refractivity contribution < 1.29 is 70.7 Å². The summed E-state index contributed by atoms with van der Waals surface area (Å²) in [5.41, 5.74) is 0. The van der Waals surface area contributed by atoms with Gasteiger partial charge in [-0.25, -0.2) is 0 Å². The van der Waals surface area contributed by atoms with Crippen LogP contribution >= 0.6 is 0 Å². The maximum Gasteiger partial charge on any atom is 0 e. The summed E-state index contributed by atoms with van der Waals surface area (Å²) in [6.07, 6.45) is 2.28. The molecule has 0 rings (SSSR count). The van der Waals surface area contributed by atoms with Crippen LogP contribution in [0.25, 0.3) is 0 Å². The maximum absolute atomic E-state index is 3.60. The van der Waals surface area contributed by atoms with Crippen LogP contribution in [0.4, 0.5) is 0 Å². The summed E-state index contributed by atoms with van der Waals surface area (Å²) in [4.78, 5) is 0. The minimum absolute atomic E-state index is 0. The van der Waals surface area contributed by atoms with Crippen LogP contribution in [-0.4, -0.2) is 0 Å². The van der Waals surface area contributed by atoms with E-state index in [-0.39, 0.29) is 70.7 Å². The molecule has 0 aromatic rings. The van der Waals surface area contributed by atoms with Crippen LogP contribution in [0.2, 0.25) is 0 Å². The molecule has 0 N–H and O–H groups in total. The Morgan fingerprint density at radius 1 is 1.43 bits per heavy atom. The first kappa shape index (κ1) is 22.8. The zero-order valence-corrected chi connectivity index (χ0v) is 13.0. The molecule has 0 saturated carbocycles. The molecule has 1 radical (unpaired) electrons. The summed E-state index contributed by atoms with van der Waals surface area (Å²) >= 11 is 0. The quantitative estimate of drug-likeness (QED) is 0.453. The first-order valence-corrected chi connectivity index (χ1v) is 1.71. The van der Waals surface area contributed by atoms with Gasteiger partial charge in [0.05, 0.1) is 0 Å². The Morgan fingerprint density at radius 2 is 1.57 bits per heavy atom. The van der Waals surface area contributed by atoms with E-state index in [0.29, 0.717) is 0 Å². The summed E-state index contributed by atoms with van der Waals surface area (Å²) in [7, 11) is 0. The normalized spacial score (nSPS) is 4.29. The molecule has 0 atom stereocenters. The van der Waals surface area contributed by atoms with Gasteiger partial charge in [-0.3, -0.25) is 0 Å². The maximum atomic E-state index is 3.60. The molecule has 0 aliphatic heterocycles. The van der Waals surface area contributed by atoms with Crippen molar-refractivity contribution in [1.29, 1.82) is 0 Å². The van der Waals surface area contributed by atoms with E-state index in [4.69, 9.17) is 0 Å². The van der Waals surface area contributed by atoms with Crippen molar-refractivity contribution in [3.05, 3.63) is 6.92 Å². The predicted molar refractivity (Wildman–Crippen MR) is 20.3 cm³/mol. The van der Waals surface area contributed by atoms with E-state index in [9.17, 15) is 0 Å². The summed E-state index contributed by atoms with van der Waals surface area (Å²) < 4.78 is 0. The summed E-state index contributed by atoms with van der Waals surface area (Å²) in [6, 6.07) is 0. The van der Waals surface area contributed by atoms with E-state index in [1.54, 1.807) is 0 Å². The van der Waals surface area contributed by atoms with Gasteiger partial charge in [-0.05, 0) is 0 Å². The molecule has 7 heavy (non-hydrogen) atoms. The Hall–Kier alpha value is 2.32. The molecule has 3 heteroatoms. The van der Waals surface area contributed by atoms with Crippen molar-refractivity contribution in [2.75, 3.05) is 0 Å². The second kappa shape index (κ2) is 23.9. The molecule has 0 unspecified atom stereocenters. The van der Waals surface area contributed by atoms with E-state index in [1.165, 1.54) is 6.42 Å². The Morgan fingerprint density at radius 3 is 1.57 bits per heavy atom. The molecule has 0 saturated heterocycles. The van der Waals surface area contributed by atoms with E-state index < -0.39 is 0 Å². The SMILES string of the molecule is [CH2-]CCC.[U].[V].[W]. The number of hydrogen-bond acceptors (Lipinski definition) is 0. The van der Waals surface area contributed by atoms with Gasteiger partial charge in [0, 0.05) is 70.7 Å². The van der Waals surface area contributed by atoms with E-state index in [1.807, 2.05) is 0 Å². The van der Waals surface area contributed by atoms with Crippen molar-refractivity contribution in [1.82, 2.24) is 0 Å². The fourth-order valence-electron chi connectivity index (χ4n) is 0. The Labute approximate surface area is 96.1 Å². The van der Waals surface area contributed by atoms with Gasteiger partial charge < -0.3 is 6.92 Å². The zero-order chi connectivity index (χ0) is 3.41. The Bertz CT molecular complexity index is 13.7. The molecule has 0 amide bonds. The summed E-state index contributed by atoms with van der Waals surface area (Å²) in [5.74, 6) is 0. The van der Waals surface area contributed by atoms with Gasteiger partial charge >= 0.3 is 0 Å². The van der Waals surface area contributed by atoms with Gasteiger partial charge in [-0.2, -0.15) is 6.42 Å². The minimum atomic E-state index is 0. The van der Waals surface area contributed by atoms with Crippen molar-refractivity contribution in [3.63, 3.8) is 0 Å². The second-order valence-electron chi connectivity index (χ2n) is 0.854. The first-order chi connectivity index (χ1) is 1.91. The molecule has 0 aromatic heterocycles. The smallest absolute Gasteiger partial charge is 0 e. The van der Waals surface area contributed by atoms with Gasteiger partial charge in [-0.1, -0.05) is 13.3 Å². The third kappa shape index (κ3) is 30.1. The van der Waals surface area contributed by atoms with Crippen LogP contribution in [0, 0.1) is 38.0 Å². The molecule has 0 aromatic carbocycles. The predicted octanol–water partition coefficient (Wildman–Crippen LogP) is 1.62. The molecule has 0 heterocycles. The van der Waals surface area contributed by atoms with E-state index in [2.05, 4.69) is 13.8 Å². The number of hydrogen-bond donors (Lipinski definition) is 0. The van der Waals surface area contributed by atoms with Gasteiger partial charge in [0.15, 0.2) is 0 Å². The molecule has 0 bridgehead atoms. The molecule has 0 spiro atoms. The largest absolute Gasteiger partial charge is 0.343 e. The van der Waals surface area contributed by atoms with Crippen LogP contribution < -0.4 is 0 Å². The molecule has 0 aliphatic rings. The van der Waals surface area contributed by atoms with Crippen LogP contribution in [0.1, 0.15) is 19.8 Å². The molecule has 0 aliphatic carbocycles. The van der Waals surface area contributed by atoms with Crippen molar-refractivity contribution >= 4 is 0 Å². The molecule has 0 fully saturated rings. The average Bonchev–Trinajstić information content (AvgIpc) is 1.37. The fourth-order valence-corrected chi connectivity index (χ4v) is 0. The summed E-state index contributed by atoms with van der Waals surface area (Å²) in [5, 5.41) is 0. The van der Waals surface area contributed by atoms with Crippen LogP contribution in [0.5, 0.6) is 0 Å². The van der Waals surface area contributed by atoms with Gasteiger partial charge in [-0.15, -0.1) is 0 Å². The Kier molecular flexibility index (Phi) is 77.8. The monoisotopic (exact) mass is 530 g/mol. The van der Waals surface area contributed by atoms with E-state index >= 15 is 0 Å². The molecular weight excluding hydrogens is 521 g/mol. The third-order valence-corrected chi connectivity index (χ3v) is 0.354. The molecule has 0 nitrogen and oxygen atoms in total. The van der Waals surface area contributed by atoms with Crippen molar-refractivity contribution in [2.24, 2.45) is 0 Å². The standard InChI is InChI=1S/C4H9.U.V.W/c1-3-4-2;;;/h1,3-4H2,2H3;;;/q-1;;;. The molecule has 41 valence electrons. The van der Waals surface area contributed by atoms with Crippen LogP contribution in [0.3, 0.4) is 0 Å². The fraction of sp³-hybridized carbons (Fsp3) is 0.750. The Balaban J connectivity index is -0.0000000150. The van der Waals surface area contributed by atoms with E-state index in [0.717, 1.165) is 6.42 Å². The van der Waals surface area contributed by atoms with Crippen LogP contribution in [-0.2, 0) is 39.6 Å². The number of rotatable bonds is 1. The van der Waals surface area contributed by atoms with Crippen LogP contribution in [0.15, 0.2) is 0 Å². The zero-order valence-electron chi connectivity index (χ0n) is 4.48. The topological polar surface area (TPSA) is 0 Å². The third-order valence-electron chi connectivity index (χ3n) is 0.354. The van der Waals surface area contributed by atoms with Gasteiger partial charge in [0.25, 0.3) is 0 Å². The van der Waals surface area contributed by atoms with Crippen molar-refractivity contribution in [3.8, 4) is 0 Å². The second-order valence-corrected chi connectivity index (χ2v) is 0.854. The number of unbranched alkanes of at least 4 members (excludes halogenated alkanes) is 1.